The van der Waals surface area contributed by atoms with Gasteiger partial charge in [-0.1, -0.05) is 77.8 Å². The minimum atomic E-state index is -0.266. The summed E-state index contributed by atoms with van der Waals surface area (Å²) in [6.45, 7) is 6.49. The van der Waals surface area contributed by atoms with Gasteiger partial charge in [0.05, 0.1) is 6.10 Å². The van der Waals surface area contributed by atoms with Crippen molar-refractivity contribution in [3.63, 3.8) is 0 Å². The fourth-order valence-corrected chi connectivity index (χ4v) is 6.64. The smallest absolute Gasteiger partial charge is 0.344 e. The molecule has 1 aromatic carbocycles. The number of hydrogen-bond acceptors (Lipinski definition) is 5. The molecule has 1 saturated carbocycles. The van der Waals surface area contributed by atoms with Gasteiger partial charge >= 0.3 is 5.97 Å². The van der Waals surface area contributed by atoms with Crippen molar-refractivity contribution in [3.05, 3.63) is 29.3 Å². The molecule has 0 amide bonds. The highest BCUT2D eigenvalue weighted by Crippen LogP contribution is 2.49. The number of unbranched alkanes of at least 4 members (excludes halogenated alkanes) is 4. The third-order valence-corrected chi connectivity index (χ3v) is 8.95. The van der Waals surface area contributed by atoms with Crippen LogP contribution in [0.1, 0.15) is 122 Å². The molecule has 4 atom stereocenters. The van der Waals surface area contributed by atoms with E-state index >= 15 is 0 Å². The monoisotopic (exact) mass is 515 g/mol. The summed E-state index contributed by atoms with van der Waals surface area (Å²) in [5, 5.41) is 10.5. The van der Waals surface area contributed by atoms with Crippen LogP contribution in [0.15, 0.2) is 18.2 Å². The fraction of sp³-hybridized carbons (Fsp3) is 0.781. The second-order valence-electron chi connectivity index (χ2n) is 11.8. The standard InChI is InChI=1S/C32H53NO4/c1-4-7-10-13-27(34)20-19-25-17-18-26-21-29-24(22-32(25,26)33)12-11-16-30(29)36-23-31(35)37-28(14-8-5-2)15-9-6-3/h11-12,16,25-28,34H,4-10,13-15,17-23,33H2,1-3H3/t25-,26?,27+,32+/m1/s1. The van der Waals surface area contributed by atoms with E-state index in [0.29, 0.717) is 11.8 Å². The van der Waals surface area contributed by atoms with Crippen molar-refractivity contribution in [1.29, 1.82) is 0 Å². The van der Waals surface area contributed by atoms with E-state index in [9.17, 15) is 9.90 Å². The van der Waals surface area contributed by atoms with Crippen molar-refractivity contribution in [2.75, 3.05) is 6.61 Å². The summed E-state index contributed by atoms with van der Waals surface area (Å²) in [6.07, 6.45) is 16.3. The molecule has 5 nitrogen and oxygen atoms in total. The molecular formula is C32H53NO4. The van der Waals surface area contributed by atoms with Gasteiger partial charge in [0.2, 0.25) is 0 Å². The van der Waals surface area contributed by atoms with Gasteiger partial charge in [-0.2, -0.15) is 0 Å². The van der Waals surface area contributed by atoms with Gasteiger partial charge in [-0.15, -0.1) is 0 Å². The molecule has 37 heavy (non-hydrogen) atoms. The second kappa shape index (κ2) is 15.1. The number of aliphatic hydroxyl groups is 1. The van der Waals surface area contributed by atoms with Gasteiger partial charge in [0.15, 0.2) is 6.61 Å². The van der Waals surface area contributed by atoms with Gasteiger partial charge in [0, 0.05) is 5.54 Å². The van der Waals surface area contributed by atoms with Crippen molar-refractivity contribution < 1.29 is 19.4 Å². The van der Waals surface area contributed by atoms with E-state index in [1.165, 1.54) is 24.0 Å². The third kappa shape index (κ3) is 8.45. The van der Waals surface area contributed by atoms with Gasteiger partial charge < -0.3 is 20.3 Å². The summed E-state index contributed by atoms with van der Waals surface area (Å²) in [4.78, 5) is 12.6. The van der Waals surface area contributed by atoms with E-state index in [-0.39, 0.29) is 30.3 Å². The molecule has 1 unspecified atom stereocenters. The summed E-state index contributed by atoms with van der Waals surface area (Å²) in [7, 11) is 0. The first-order chi connectivity index (χ1) is 17.9. The summed E-state index contributed by atoms with van der Waals surface area (Å²) in [5.41, 5.74) is 9.40. The van der Waals surface area contributed by atoms with Crippen LogP contribution in [0.4, 0.5) is 0 Å². The fourth-order valence-electron chi connectivity index (χ4n) is 6.64. The zero-order valence-electron chi connectivity index (χ0n) is 23.8. The molecule has 1 fully saturated rings. The predicted octanol–water partition coefficient (Wildman–Crippen LogP) is 6.90. The van der Waals surface area contributed by atoms with Crippen molar-refractivity contribution >= 4 is 5.97 Å². The quantitative estimate of drug-likeness (QED) is 0.174. The van der Waals surface area contributed by atoms with Gasteiger partial charge in [0.1, 0.15) is 11.9 Å². The number of aliphatic hydroxyl groups excluding tert-OH is 1. The molecule has 0 saturated heterocycles. The maximum absolute atomic E-state index is 12.6. The number of carbonyl (C=O) groups is 1. The van der Waals surface area contributed by atoms with E-state index in [2.05, 4.69) is 26.8 Å². The second-order valence-corrected chi connectivity index (χ2v) is 11.8. The average Bonchev–Trinajstić information content (AvgIpc) is 3.21. The Morgan fingerprint density at radius 2 is 1.76 bits per heavy atom. The number of fused-ring (bicyclic) bond motifs is 2. The van der Waals surface area contributed by atoms with Crippen LogP contribution < -0.4 is 10.5 Å². The molecule has 0 bridgehead atoms. The maximum Gasteiger partial charge on any atom is 0.344 e. The first kappa shape index (κ1) is 30.0. The van der Waals surface area contributed by atoms with E-state index < -0.39 is 0 Å². The lowest BCUT2D eigenvalue weighted by atomic mass is 9.68. The lowest BCUT2D eigenvalue weighted by Crippen LogP contribution is -2.53. The molecule has 2 aliphatic rings. The lowest BCUT2D eigenvalue weighted by molar-refractivity contribution is -0.152. The molecule has 0 aromatic heterocycles. The van der Waals surface area contributed by atoms with Gasteiger partial charge in [-0.05, 0) is 86.8 Å². The Morgan fingerprint density at radius 3 is 2.46 bits per heavy atom. The number of benzene rings is 1. The SMILES string of the molecule is CCCCC[C@H](O)CC[C@H]1CCC2Cc3c(cccc3OCC(=O)OC(CCCC)CCCC)C[C@@]21N. The van der Waals surface area contributed by atoms with Crippen LogP contribution in [0, 0.1) is 11.8 Å². The first-order valence-electron chi connectivity index (χ1n) is 15.3. The number of ether oxygens (including phenoxy) is 2. The van der Waals surface area contributed by atoms with Crippen LogP contribution in [0.2, 0.25) is 0 Å². The van der Waals surface area contributed by atoms with Gasteiger partial charge in [-0.25, -0.2) is 4.79 Å². The Labute approximate surface area is 225 Å². The molecule has 1 aromatic rings. The molecular weight excluding hydrogens is 462 g/mol. The molecule has 3 rings (SSSR count). The summed E-state index contributed by atoms with van der Waals surface area (Å²) in [5.74, 6) is 1.42. The summed E-state index contributed by atoms with van der Waals surface area (Å²) >= 11 is 0. The number of carbonyl (C=O) groups excluding carboxylic acids is 1. The van der Waals surface area contributed by atoms with Crippen molar-refractivity contribution in [1.82, 2.24) is 0 Å². The number of hydrogen-bond donors (Lipinski definition) is 2. The minimum absolute atomic E-state index is 0.000805. The highest BCUT2D eigenvalue weighted by molar-refractivity contribution is 5.71. The van der Waals surface area contributed by atoms with E-state index in [1.54, 1.807) is 0 Å². The number of esters is 1. The Bertz CT molecular complexity index is 819. The van der Waals surface area contributed by atoms with Crippen LogP contribution in [-0.4, -0.2) is 35.4 Å². The molecule has 2 aliphatic carbocycles. The van der Waals surface area contributed by atoms with Crippen molar-refractivity contribution in [3.8, 4) is 5.75 Å². The molecule has 0 aliphatic heterocycles. The molecule has 0 spiro atoms. The van der Waals surface area contributed by atoms with Crippen LogP contribution in [0.5, 0.6) is 5.75 Å². The summed E-state index contributed by atoms with van der Waals surface area (Å²) < 4.78 is 11.9. The highest BCUT2D eigenvalue weighted by atomic mass is 16.6. The topological polar surface area (TPSA) is 81.8 Å². The number of nitrogens with two attached hydrogens (primary N) is 1. The van der Waals surface area contributed by atoms with Crippen LogP contribution in [-0.2, 0) is 22.4 Å². The molecule has 0 heterocycles. The Balaban J connectivity index is 1.57. The van der Waals surface area contributed by atoms with Gasteiger partial charge in [0.25, 0.3) is 0 Å². The average molecular weight is 516 g/mol. The van der Waals surface area contributed by atoms with Crippen molar-refractivity contribution in [2.45, 2.75) is 141 Å². The molecule has 0 radical (unpaired) electrons. The van der Waals surface area contributed by atoms with Crippen molar-refractivity contribution in [2.24, 2.45) is 17.6 Å². The van der Waals surface area contributed by atoms with E-state index in [0.717, 1.165) is 95.6 Å². The Hall–Kier alpha value is -1.59. The van der Waals surface area contributed by atoms with Gasteiger partial charge in [-0.3, -0.25) is 0 Å². The van der Waals surface area contributed by atoms with Crippen LogP contribution in [0.25, 0.3) is 0 Å². The maximum atomic E-state index is 12.6. The number of rotatable bonds is 17. The van der Waals surface area contributed by atoms with Crippen LogP contribution >= 0.6 is 0 Å². The Kier molecular flexibility index (Phi) is 12.2. The highest BCUT2D eigenvalue weighted by Gasteiger charge is 2.49. The zero-order chi connectivity index (χ0) is 26.7. The normalized spacial score (nSPS) is 23.5. The zero-order valence-corrected chi connectivity index (χ0v) is 23.8. The summed E-state index contributed by atoms with van der Waals surface area (Å²) in [6, 6.07) is 6.18. The Morgan fingerprint density at radius 1 is 1.03 bits per heavy atom. The first-order valence-corrected chi connectivity index (χ1v) is 15.3. The predicted molar refractivity (Wildman–Crippen MR) is 151 cm³/mol. The minimum Gasteiger partial charge on any atom is -0.482 e. The molecule has 5 heteroatoms. The molecule has 210 valence electrons. The van der Waals surface area contributed by atoms with Crippen LogP contribution in [0.3, 0.4) is 0 Å². The lowest BCUT2D eigenvalue weighted by Gasteiger charge is -2.42. The van der Waals surface area contributed by atoms with E-state index in [4.69, 9.17) is 15.2 Å². The molecule has 3 N–H and O–H groups in total. The van der Waals surface area contributed by atoms with E-state index in [1.807, 2.05) is 12.1 Å². The third-order valence-electron chi connectivity index (χ3n) is 8.95. The largest absolute Gasteiger partial charge is 0.482 e.